The molecular weight excluding hydrogens is 212 g/mol. The quantitative estimate of drug-likeness (QED) is 0.763. The molecule has 1 aromatic heterocycles. The second-order valence-corrected chi connectivity index (χ2v) is 4.78. The van der Waals surface area contributed by atoms with Crippen molar-refractivity contribution in [1.82, 2.24) is 9.55 Å². The van der Waals surface area contributed by atoms with E-state index in [0.717, 1.165) is 35.8 Å². The lowest BCUT2D eigenvalue weighted by atomic mass is 10.2. The zero-order chi connectivity index (χ0) is 12.0. The molecule has 3 rings (SSSR count). The summed E-state index contributed by atoms with van der Waals surface area (Å²) in [7, 11) is 2.05. The van der Waals surface area contributed by atoms with Crippen molar-refractivity contribution in [3.63, 3.8) is 0 Å². The minimum Gasteiger partial charge on any atom is -0.397 e. The van der Waals surface area contributed by atoms with Gasteiger partial charge in [0.25, 0.3) is 0 Å². The van der Waals surface area contributed by atoms with Gasteiger partial charge in [-0.2, -0.15) is 0 Å². The second-order valence-electron chi connectivity index (χ2n) is 4.78. The number of imidazole rings is 1. The molecule has 1 aromatic carbocycles. The largest absolute Gasteiger partial charge is 0.397 e. The highest BCUT2D eigenvalue weighted by molar-refractivity contribution is 5.96. The number of aryl methyl sites for hydroxylation is 2. The number of nitrogens with two attached hydrogens (primary N) is 1. The summed E-state index contributed by atoms with van der Waals surface area (Å²) < 4.78 is 2.12. The molecule has 0 amide bonds. The summed E-state index contributed by atoms with van der Waals surface area (Å²) in [6.07, 6.45) is 2.50. The van der Waals surface area contributed by atoms with Crippen LogP contribution in [0.1, 0.15) is 18.7 Å². The molecule has 1 saturated heterocycles. The van der Waals surface area contributed by atoms with Crippen LogP contribution in [0.2, 0.25) is 0 Å². The molecule has 0 bridgehead atoms. The average molecular weight is 230 g/mol. The number of aromatic nitrogens is 2. The molecule has 2 aromatic rings. The Hall–Kier alpha value is -1.71. The van der Waals surface area contributed by atoms with Gasteiger partial charge in [0, 0.05) is 20.1 Å². The van der Waals surface area contributed by atoms with Gasteiger partial charge in [-0.15, -0.1) is 0 Å². The Labute approximate surface area is 101 Å². The number of rotatable bonds is 1. The summed E-state index contributed by atoms with van der Waals surface area (Å²) in [5.74, 6) is 1.03. The van der Waals surface area contributed by atoms with E-state index < -0.39 is 0 Å². The number of anilines is 2. The number of hydrogen-bond acceptors (Lipinski definition) is 3. The van der Waals surface area contributed by atoms with Gasteiger partial charge in [0.05, 0.1) is 16.9 Å². The molecular formula is C13H18N4. The first kappa shape index (κ1) is 10.4. The van der Waals surface area contributed by atoms with Crippen molar-refractivity contribution in [3.05, 3.63) is 18.0 Å². The highest BCUT2D eigenvalue weighted by Gasteiger charge is 2.20. The van der Waals surface area contributed by atoms with Gasteiger partial charge in [0.15, 0.2) is 0 Å². The maximum atomic E-state index is 6.13. The molecule has 4 heteroatoms. The fourth-order valence-corrected chi connectivity index (χ4v) is 2.65. The first-order valence-corrected chi connectivity index (χ1v) is 6.15. The Kier molecular flexibility index (Phi) is 2.24. The normalized spacial score (nSPS) is 16.0. The van der Waals surface area contributed by atoms with Gasteiger partial charge >= 0.3 is 0 Å². The molecule has 0 radical (unpaired) electrons. The number of nitrogens with zero attached hydrogens (tertiary/aromatic N) is 3. The molecule has 1 fully saturated rings. The van der Waals surface area contributed by atoms with Crippen LogP contribution < -0.4 is 10.6 Å². The predicted octanol–water partition coefficient (Wildman–Crippen LogP) is 2.06. The average Bonchev–Trinajstić information content (AvgIpc) is 2.89. The monoisotopic (exact) mass is 230 g/mol. The zero-order valence-electron chi connectivity index (χ0n) is 10.4. The van der Waals surface area contributed by atoms with Gasteiger partial charge in [-0.05, 0) is 31.9 Å². The highest BCUT2D eigenvalue weighted by Crippen LogP contribution is 2.34. The topological polar surface area (TPSA) is 47.1 Å². The minimum absolute atomic E-state index is 0.845. The summed E-state index contributed by atoms with van der Waals surface area (Å²) in [4.78, 5) is 7.02. The minimum atomic E-state index is 0.845. The van der Waals surface area contributed by atoms with Crippen molar-refractivity contribution in [1.29, 1.82) is 0 Å². The van der Waals surface area contributed by atoms with E-state index in [1.54, 1.807) is 0 Å². The van der Waals surface area contributed by atoms with Crippen LogP contribution in [-0.4, -0.2) is 22.6 Å². The van der Waals surface area contributed by atoms with Crippen molar-refractivity contribution in [2.24, 2.45) is 7.05 Å². The van der Waals surface area contributed by atoms with Gasteiger partial charge in [0.2, 0.25) is 0 Å². The van der Waals surface area contributed by atoms with Crippen LogP contribution in [-0.2, 0) is 7.05 Å². The molecule has 1 aliphatic heterocycles. The van der Waals surface area contributed by atoms with Crippen LogP contribution >= 0.6 is 0 Å². The number of hydrogen-bond donors (Lipinski definition) is 1. The summed E-state index contributed by atoms with van der Waals surface area (Å²) in [5.41, 5.74) is 10.3. The molecule has 2 heterocycles. The summed E-state index contributed by atoms with van der Waals surface area (Å²) in [6, 6.07) is 4.06. The van der Waals surface area contributed by atoms with Crippen LogP contribution in [0.15, 0.2) is 12.1 Å². The van der Waals surface area contributed by atoms with E-state index in [-0.39, 0.29) is 0 Å². The van der Waals surface area contributed by atoms with Gasteiger partial charge < -0.3 is 15.2 Å². The first-order chi connectivity index (χ1) is 8.18. The predicted molar refractivity (Wildman–Crippen MR) is 71.3 cm³/mol. The number of benzene rings is 1. The van der Waals surface area contributed by atoms with Gasteiger partial charge in [-0.1, -0.05) is 0 Å². The van der Waals surface area contributed by atoms with E-state index in [4.69, 9.17) is 5.73 Å². The van der Waals surface area contributed by atoms with Crippen LogP contribution in [0.5, 0.6) is 0 Å². The molecule has 0 unspecified atom stereocenters. The zero-order valence-corrected chi connectivity index (χ0v) is 10.4. The number of nitrogen functional groups attached to an aromatic ring is 1. The molecule has 2 N–H and O–H groups in total. The van der Waals surface area contributed by atoms with Crippen molar-refractivity contribution >= 4 is 22.4 Å². The fraction of sp³-hybridized carbons (Fsp3) is 0.462. The maximum absolute atomic E-state index is 6.13. The lowest BCUT2D eigenvalue weighted by Gasteiger charge is -2.20. The Balaban J connectivity index is 2.27. The Morgan fingerprint density at radius 2 is 1.94 bits per heavy atom. The molecule has 90 valence electrons. The molecule has 17 heavy (non-hydrogen) atoms. The highest BCUT2D eigenvalue weighted by atomic mass is 15.2. The van der Waals surface area contributed by atoms with Crippen LogP contribution in [0.25, 0.3) is 11.0 Å². The Bertz CT molecular complexity index is 564. The summed E-state index contributed by atoms with van der Waals surface area (Å²) in [5, 5.41) is 0. The third-order valence-corrected chi connectivity index (χ3v) is 3.70. The third kappa shape index (κ3) is 1.47. The van der Waals surface area contributed by atoms with E-state index in [0.29, 0.717) is 0 Å². The first-order valence-electron chi connectivity index (χ1n) is 6.15. The molecule has 0 atom stereocenters. The third-order valence-electron chi connectivity index (χ3n) is 3.70. The molecule has 1 aliphatic rings. The SMILES string of the molecule is Cc1nc2c(N3CCCC3)c(N)ccc2n1C. The van der Waals surface area contributed by atoms with Gasteiger partial charge in [0.1, 0.15) is 11.3 Å². The Morgan fingerprint density at radius 1 is 1.24 bits per heavy atom. The lowest BCUT2D eigenvalue weighted by molar-refractivity contribution is 0.886. The van der Waals surface area contributed by atoms with E-state index >= 15 is 0 Å². The molecule has 0 saturated carbocycles. The number of fused-ring (bicyclic) bond motifs is 1. The van der Waals surface area contributed by atoms with E-state index in [1.807, 2.05) is 13.0 Å². The van der Waals surface area contributed by atoms with Gasteiger partial charge in [-0.25, -0.2) is 4.98 Å². The smallest absolute Gasteiger partial charge is 0.114 e. The fourth-order valence-electron chi connectivity index (χ4n) is 2.65. The Morgan fingerprint density at radius 3 is 2.65 bits per heavy atom. The van der Waals surface area contributed by atoms with Gasteiger partial charge in [-0.3, -0.25) is 0 Å². The van der Waals surface area contributed by atoms with E-state index in [1.165, 1.54) is 18.4 Å². The molecule has 0 spiro atoms. The summed E-state index contributed by atoms with van der Waals surface area (Å²) in [6.45, 7) is 4.22. The van der Waals surface area contributed by atoms with Crippen LogP contribution in [0.3, 0.4) is 0 Å². The molecule has 4 nitrogen and oxygen atoms in total. The molecule has 0 aliphatic carbocycles. The van der Waals surface area contributed by atoms with E-state index in [9.17, 15) is 0 Å². The summed E-state index contributed by atoms with van der Waals surface area (Å²) >= 11 is 0. The lowest BCUT2D eigenvalue weighted by Crippen LogP contribution is -2.19. The van der Waals surface area contributed by atoms with Crippen LogP contribution in [0.4, 0.5) is 11.4 Å². The second kappa shape index (κ2) is 3.65. The van der Waals surface area contributed by atoms with Crippen molar-refractivity contribution in [2.75, 3.05) is 23.7 Å². The van der Waals surface area contributed by atoms with Crippen molar-refractivity contribution in [3.8, 4) is 0 Å². The van der Waals surface area contributed by atoms with E-state index in [2.05, 4.69) is 27.6 Å². The van der Waals surface area contributed by atoms with Crippen molar-refractivity contribution in [2.45, 2.75) is 19.8 Å². The standard InChI is InChI=1S/C13H18N4/c1-9-15-12-11(16(9)2)6-5-10(14)13(12)17-7-3-4-8-17/h5-6H,3-4,7-8,14H2,1-2H3. The van der Waals surface area contributed by atoms with Crippen LogP contribution in [0, 0.1) is 6.92 Å². The maximum Gasteiger partial charge on any atom is 0.114 e. The van der Waals surface area contributed by atoms with Crippen molar-refractivity contribution < 1.29 is 0 Å².